The molecule has 2 N–H and O–H groups in total. The lowest BCUT2D eigenvalue weighted by molar-refractivity contribution is -0.130. The lowest BCUT2D eigenvalue weighted by atomic mass is 10.2. The predicted octanol–water partition coefficient (Wildman–Crippen LogP) is 2.34. The summed E-state index contributed by atoms with van der Waals surface area (Å²) in [6.45, 7) is 5.47. The minimum atomic E-state index is -0.257. The Balaban J connectivity index is 1.52. The Hall–Kier alpha value is -3.14. The van der Waals surface area contributed by atoms with Gasteiger partial charge in [-0.3, -0.25) is 14.9 Å². The fourth-order valence-corrected chi connectivity index (χ4v) is 3.80. The van der Waals surface area contributed by atoms with Crippen molar-refractivity contribution in [2.24, 2.45) is 0 Å². The molecule has 1 aromatic heterocycles. The highest BCUT2D eigenvalue weighted by atomic mass is 32.1. The van der Waals surface area contributed by atoms with Gasteiger partial charge in [0, 0.05) is 38.5 Å². The summed E-state index contributed by atoms with van der Waals surface area (Å²) in [6, 6.07) is 5.28. The second kappa shape index (κ2) is 9.57. The molecule has 1 saturated heterocycles. The van der Waals surface area contributed by atoms with Crippen LogP contribution in [0.25, 0.3) is 0 Å². The lowest BCUT2D eigenvalue weighted by Crippen LogP contribution is -2.51. The van der Waals surface area contributed by atoms with Crippen molar-refractivity contribution in [2.45, 2.75) is 20.3 Å². The molecule has 3 rings (SSSR count). The number of piperazine rings is 1. The number of nitrogens with one attached hydrogen (secondary N) is 2. The molecule has 1 fully saturated rings. The minimum Gasteiger partial charge on any atom is -0.495 e. The molecule has 9 nitrogen and oxygen atoms in total. The number of rotatable bonds is 5. The Kier molecular flexibility index (Phi) is 6.88. The lowest BCUT2D eigenvalue weighted by Gasteiger charge is -2.33. The molecule has 1 aliphatic heterocycles. The van der Waals surface area contributed by atoms with Gasteiger partial charge in [0.25, 0.3) is 0 Å². The van der Waals surface area contributed by atoms with Crippen LogP contribution in [0.15, 0.2) is 23.6 Å². The van der Waals surface area contributed by atoms with Crippen molar-refractivity contribution in [1.82, 2.24) is 14.8 Å². The van der Waals surface area contributed by atoms with Crippen LogP contribution in [0, 0.1) is 6.92 Å². The van der Waals surface area contributed by atoms with Gasteiger partial charge in [0.1, 0.15) is 5.75 Å². The number of methoxy groups -OCH3 is 1. The Bertz CT molecular complexity index is 937. The van der Waals surface area contributed by atoms with E-state index in [0.717, 1.165) is 5.56 Å². The average Bonchev–Trinajstić information content (AvgIpc) is 3.15. The maximum Gasteiger partial charge on any atom is 0.323 e. The van der Waals surface area contributed by atoms with E-state index in [-0.39, 0.29) is 24.3 Å². The molecule has 0 bridgehead atoms. The van der Waals surface area contributed by atoms with Crippen LogP contribution >= 0.6 is 11.3 Å². The number of aryl methyl sites for hydroxylation is 1. The zero-order chi connectivity index (χ0) is 21.7. The minimum absolute atomic E-state index is 0.0150. The highest BCUT2D eigenvalue weighted by Gasteiger charge is 2.23. The van der Waals surface area contributed by atoms with Crippen molar-refractivity contribution >= 4 is 40.0 Å². The number of ether oxygens (including phenoxy) is 1. The quantitative estimate of drug-likeness (QED) is 0.756. The molecule has 2 aromatic rings. The number of carbonyl (C=O) groups excluding carboxylic acids is 3. The number of anilines is 2. The van der Waals surface area contributed by atoms with Gasteiger partial charge in [0.2, 0.25) is 11.8 Å². The van der Waals surface area contributed by atoms with Crippen molar-refractivity contribution < 1.29 is 19.1 Å². The molecule has 1 aliphatic rings. The summed E-state index contributed by atoms with van der Waals surface area (Å²) in [6.07, 6.45) is 0.0840. The van der Waals surface area contributed by atoms with Gasteiger partial charge in [0.15, 0.2) is 5.13 Å². The largest absolute Gasteiger partial charge is 0.495 e. The maximum atomic E-state index is 12.4. The third-order valence-electron chi connectivity index (χ3n) is 4.75. The highest BCUT2D eigenvalue weighted by molar-refractivity contribution is 7.13. The third kappa shape index (κ3) is 5.47. The zero-order valence-electron chi connectivity index (χ0n) is 17.2. The van der Waals surface area contributed by atoms with Crippen LogP contribution in [0.5, 0.6) is 5.75 Å². The second-order valence-electron chi connectivity index (χ2n) is 7.00. The number of carbonyl (C=O) groups is 3. The van der Waals surface area contributed by atoms with Gasteiger partial charge >= 0.3 is 6.03 Å². The summed E-state index contributed by atoms with van der Waals surface area (Å²) in [5.41, 5.74) is 2.20. The summed E-state index contributed by atoms with van der Waals surface area (Å²) in [5.74, 6) is 0.390. The first-order valence-electron chi connectivity index (χ1n) is 9.56. The van der Waals surface area contributed by atoms with Gasteiger partial charge in [-0.05, 0) is 24.6 Å². The number of hydrogen-bond acceptors (Lipinski definition) is 6. The molecule has 1 aromatic carbocycles. The zero-order valence-corrected chi connectivity index (χ0v) is 18.0. The summed E-state index contributed by atoms with van der Waals surface area (Å²) < 4.78 is 5.30. The van der Waals surface area contributed by atoms with E-state index in [2.05, 4.69) is 15.6 Å². The highest BCUT2D eigenvalue weighted by Crippen LogP contribution is 2.25. The van der Waals surface area contributed by atoms with Crippen LogP contribution < -0.4 is 15.4 Å². The Morgan fingerprint density at radius 3 is 2.50 bits per heavy atom. The van der Waals surface area contributed by atoms with Gasteiger partial charge < -0.3 is 19.9 Å². The van der Waals surface area contributed by atoms with Crippen molar-refractivity contribution in [1.29, 1.82) is 0 Å². The monoisotopic (exact) mass is 431 g/mol. The molecular weight excluding hydrogens is 406 g/mol. The van der Waals surface area contributed by atoms with Crippen LogP contribution in [0.3, 0.4) is 0 Å². The fraction of sp³-hybridized carbons (Fsp3) is 0.400. The van der Waals surface area contributed by atoms with Crippen molar-refractivity contribution in [3.05, 3.63) is 34.8 Å². The molecule has 160 valence electrons. The van der Waals surface area contributed by atoms with Crippen LogP contribution in [-0.4, -0.2) is 65.9 Å². The summed E-state index contributed by atoms with van der Waals surface area (Å²) in [7, 11) is 1.56. The van der Waals surface area contributed by atoms with E-state index in [1.807, 2.05) is 19.1 Å². The molecule has 0 spiro atoms. The van der Waals surface area contributed by atoms with Crippen LogP contribution in [0.1, 0.15) is 18.2 Å². The normalized spacial score (nSPS) is 13.7. The molecule has 30 heavy (non-hydrogen) atoms. The number of benzene rings is 1. The SMILES string of the molecule is COc1cc(C)ccc1NC(=O)Cc1csc(NC(=O)N2CCN(C(C)=O)CC2)n1. The number of aromatic nitrogens is 1. The first kappa shape index (κ1) is 21.6. The molecule has 0 unspecified atom stereocenters. The average molecular weight is 432 g/mol. The summed E-state index contributed by atoms with van der Waals surface area (Å²) in [4.78, 5) is 43.8. The third-order valence-corrected chi connectivity index (χ3v) is 5.56. The van der Waals surface area contributed by atoms with Gasteiger partial charge in [-0.2, -0.15) is 0 Å². The standard InChI is InChI=1S/C20H25N5O4S/c1-13-4-5-16(17(10-13)29-3)22-18(27)11-15-12-30-19(21-15)23-20(28)25-8-6-24(7-9-25)14(2)26/h4-5,10,12H,6-9,11H2,1-3H3,(H,22,27)(H,21,23,28). The smallest absolute Gasteiger partial charge is 0.323 e. The Morgan fingerprint density at radius 1 is 1.13 bits per heavy atom. The Labute approximate surface area is 179 Å². The van der Waals surface area contributed by atoms with E-state index in [1.165, 1.54) is 18.3 Å². The Morgan fingerprint density at radius 2 is 1.83 bits per heavy atom. The molecule has 0 saturated carbocycles. The van der Waals surface area contributed by atoms with Crippen molar-refractivity contribution in [2.75, 3.05) is 43.9 Å². The number of urea groups is 1. The molecule has 0 radical (unpaired) electrons. The second-order valence-corrected chi connectivity index (χ2v) is 7.85. The van der Waals surface area contributed by atoms with Gasteiger partial charge in [-0.25, -0.2) is 9.78 Å². The molecule has 4 amide bonds. The summed E-state index contributed by atoms with van der Waals surface area (Å²) >= 11 is 1.27. The first-order chi connectivity index (χ1) is 14.4. The van der Waals surface area contributed by atoms with E-state index in [4.69, 9.17) is 4.74 Å². The van der Waals surface area contributed by atoms with Crippen molar-refractivity contribution in [3.8, 4) is 5.75 Å². The van der Waals surface area contributed by atoms with Crippen LogP contribution in [-0.2, 0) is 16.0 Å². The van der Waals surface area contributed by atoms with E-state index in [1.54, 1.807) is 28.4 Å². The van der Waals surface area contributed by atoms with Gasteiger partial charge in [-0.1, -0.05) is 6.07 Å². The molecular formula is C20H25N5O4S. The van der Waals surface area contributed by atoms with E-state index in [0.29, 0.717) is 48.4 Å². The van der Waals surface area contributed by atoms with E-state index in [9.17, 15) is 14.4 Å². The number of thiazole rings is 1. The number of hydrogen-bond donors (Lipinski definition) is 2. The number of nitrogens with zero attached hydrogens (tertiary/aromatic N) is 3. The summed E-state index contributed by atoms with van der Waals surface area (Å²) in [5, 5.41) is 7.77. The molecule has 2 heterocycles. The predicted molar refractivity (Wildman–Crippen MR) is 115 cm³/mol. The topological polar surface area (TPSA) is 104 Å². The van der Waals surface area contributed by atoms with Crippen molar-refractivity contribution in [3.63, 3.8) is 0 Å². The van der Waals surface area contributed by atoms with Gasteiger partial charge in [-0.15, -0.1) is 11.3 Å². The van der Waals surface area contributed by atoms with E-state index < -0.39 is 0 Å². The van der Waals surface area contributed by atoms with Crippen LogP contribution in [0.2, 0.25) is 0 Å². The van der Waals surface area contributed by atoms with Gasteiger partial charge in [0.05, 0.1) is 24.9 Å². The van der Waals surface area contributed by atoms with Crippen LogP contribution in [0.4, 0.5) is 15.6 Å². The molecule has 0 atom stereocenters. The fourth-order valence-electron chi connectivity index (χ4n) is 3.10. The first-order valence-corrected chi connectivity index (χ1v) is 10.4. The maximum absolute atomic E-state index is 12.4. The molecule has 0 aliphatic carbocycles. The number of amides is 4. The molecule has 10 heteroatoms. The van der Waals surface area contributed by atoms with E-state index >= 15 is 0 Å².